The normalized spacial score (nSPS) is 13.8. The highest BCUT2D eigenvalue weighted by molar-refractivity contribution is 7.92. The van der Waals surface area contributed by atoms with Gasteiger partial charge in [0, 0.05) is 19.0 Å². The van der Waals surface area contributed by atoms with Crippen molar-refractivity contribution in [2.45, 2.75) is 62.6 Å². The molecule has 4 aromatic rings. The van der Waals surface area contributed by atoms with Crippen molar-refractivity contribution in [2.24, 2.45) is 0 Å². The van der Waals surface area contributed by atoms with E-state index in [1.807, 2.05) is 61.5 Å². The first-order chi connectivity index (χ1) is 23.2. The van der Waals surface area contributed by atoms with Gasteiger partial charge in [-0.05, 0) is 72.9 Å². The number of ether oxygens (including phenoxy) is 2. The van der Waals surface area contributed by atoms with Crippen LogP contribution in [0.2, 0.25) is 0 Å². The number of amides is 2. The fourth-order valence-electron chi connectivity index (χ4n) is 6.12. The first kappa shape index (κ1) is 34.5. The van der Waals surface area contributed by atoms with Crippen LogP contribution in [0, 0.1) is 6.92 Å². The second-order valence-electron chi connectivity index (χ2n) is 12.0. The number of para-hydroxylation sites is 2. The Balaban J connectivity index is 1.59. The smallest absolute Gasteiger partial charge is 0.264 e. The van der Waals surface area contributed by atoms with Crippen molar-refractivity contribution in [1.29, 1.82) is 0 Å². The van der Waals surface area contributed by atoms with Gasteiger partial charge in [0.2, 0.25) is 11.8 Å². The quantitative estimate of drug-likeness (QED) is 0.179. The van der Waals surface area contributed by atoms with E-state index in [1.165, 1.54) is 31.3 Å². The number of hydrogen-bond acceptors (Lipinski definition) is 6. The van der Waals surface area contributed by atoms with E-state index in [0.29, 0.717) is 5.75 Å². The Labute approximate surface area is 283 Å². The molecule has 1 aliphatic carbocycles. The summed E-state index contributed by atoms with van der Waals surface area (Å²) in [6.07, 6.45) is 4.11. The maximum atomic E-state index is 14.8. The van der Waals surface area contributed by atoms with E-state index >= 15 is 0 Å². The van der Waals surface area contributed by atoms with E-state index in [0.717, 1.165) is 46.7 Å². The molecule has 252 valence electrons. The first-order valence-electron chi connectivity index (χ1n) is 16.2. The molecular weight excluding hydrogens is 627 g/mol. The second kappa shape index (κ2) is 15.8. The van der Waals surface area contributed by atoms with Crippen LogP contribution in [0.25, 0.3) is 0 Å². The van der Waals surface area contributed by atoms with Gasteiger partial charge >= 0.3 is 0 Å². The molecule has 0 unspecified atom stereocenters. The van der Waals surface area contributed by atoms with Gasteiger partial charge in [0.1, 0.15) is 24.1 Å². The van der Waals surface area contributed by atoms with Crippen LogP contribution >= 0.6 is 0 Å². The molecule has 1 atom stereocenters. The van der Waals surface area contributed by atoms with Crippen LogP contribution in [0.5, 0.6) is 11.5 Å². The topological polar surface area (TPSA) is 105 Å². The number of nitrogens with zero attached hydrogens (tertiary/aromatic N) is 2. The average molecular weight is 670 g/mol. The molecule has 0 spiro atoms. The molecule has 9 nitrogen and oxygen atoms in total. The summed E-state index contributed by atoms with van der Waals surface area (Å²) in [6, 6.07) is 29.1. The number of rotatable bonds is 14. The zero-order valence-electron chi connectivity index (χ0n) is 27.7. The van der Waals surface area contributed by atoms with E-state index in [-0.39, 0.29) is 41.2 Å². The number of carbonyl (C=O) groups excluding carboxylic acids is 2. The Morgan fingerprint density at radius 3 is 2.15 bits per heavy atom. The van der Waals surface area contributed by atoms with Crippen molar-refractivity contribution in [3.8, 4) is 11.5 Å². The summed E-state index contributed by atoms with van der Waals surface area (Å²) in [4.78, 5) is 30.5. The van der Waals surface area contributed by atoms with Gasteiger partial charge in [-0.2, -0.15) is 0 Å². The molecule has 0 saturated heterocycles. The minimum atomic E-state index is -4.30. The van der Waals surface area contributed by atoms with Crippen molar-refractivity contribution in [2.75, 3.05) is 25.1 Å². The minimum Gasteiger partial charge on any atom is -0.497 e. The van der Waals surface area contributed by atoms with E-state index in [9.17, 15) is 18.0 Å². The lowest BCUT2D eigenvalue weighted by molar-refractivity contribution is -0.140. The summed E-state index contributed by atoms with van der Waals surface area (Å²) in [5, 5.41) is 3.21. The molecule has 5 rings (SSSR count). The summed E-state index contributed by atoms with van der Waals surface area (Å²) >= 11 is 0. The molecule has 0 heterocycles. The van der Waals surface area contributed by atoms with Gasteiger partial charge in [-0.1, -0.05) is 79.6 Å². The standard InChI is InChI=1S/C38H43N3O6S/c1-28-13-7-8-16-30(28)26-40(35(25-29-14-5-4-6-15-29)38(43)39-31-17-9-10-18-31)37(42)27-41(34-19-11-12-20-36(34)47-3)48(44,45)33-23-21-32(46-2)22-24-33/h4-8,11-16,19-24,31,35H,9-10,17-18,25-27H2,1-3H3,(H,39,43)/t35-/m1/s1. The van der Waals surface area contributed by atoms with Gasteiger partial charge in [0.25, 0.3) is 10.0 Å². The van der Waals surface area contributed by atoms with Gasteiger partial charge in [0.15, 0.2) is 0 Å². The third-order valence-electron chi connectivity index (χ3n) is 8.85. The fraction of sp³-hybridized carbons (Fsp3) is 0.316. The van der Waals surface area contributed by atoms with Crippen LogP contribution in [0.3, 0.4) is 0 Å². The molecule has 0 bridgehead atoms. The highest BCUT2D eigenvalue weighted by atomic mass is 32.2. The number of benzene rings is 4. The van der Waals surface area contributed by atoms with Crippen molar-refractivity contribution in [3.63, 3.8) is 0 Å². The number of carbonyl (C=O) groups is 2. The summed E-state index contributed by atoms with van der Waals surface area (Å²) in [7, 11) is -1.34. The number of methoxy groups -OCH3 is 2. The number of aryl methyl sites for hydroxylation is 1. The Morgan fingerprint density at radius 2 is 1.48 bits per heavy atom. The Morgan fingerprint density at radius 1 is 0.833 bits per heavy atom. The lowest BCUT2D eigenvalue weighted by atomic mass is 10.0. The van der Waals surface area contributed by atoms with Crippen LogP contribution in [0.15, 0.2) is 108 Å². The second-order valence-corrected chi connectivity index (χ2v) is 13.9. The van der Waals surface area contributed by atoms with Crippen LogP contribution in [0.4, 0.5) is 5.69 Å². The molecule has 2 amide bonds. The third kappa shape index (κ3) is 8.17. The van der Waals surface area contributed by atoms with Crippen LogP contribution in [0.1, 0.15) is 42.4 Å². The van der Waals surface area contributed by atoms with Gasteiger partial charge in [-0.3, -0.25) is 13.9 Å². The number of hydrogen-bond donors (Lipinski definition) is 1. The number of nitrogens with one attached hydrogen (secondary N) is 1. The van der Waals surface area contributed by atoms with Crippen molar-refractivity contribution in [3.05, 3.63) is 120 Å². The SMILES string of the molecule is COc1ccc(S(=O)(=O)N(CC(=O)N(Cc2ccccc2C)[C@H](Cc2ccccc2)C(=O)NC2CCCC2)c2ccccc2OC)cc1. The molecule has 1 N–H and O–H groups in total. The van der Waals surface area contributed by atoms with E-state index in [2.05, 4.69) is 5.32 Å². The maximum absolute atomic E-state index is 14.8. The molecule has 1 saturated carbocycles. The first-order valence-corrected chi connectivity index (χ1v) is 17.6. The van der Waals surface area contributed by atoms with Crippen molar-refractivity contribution >= 4 is 27.5 Å². The van der Waals surface area contributed by atoms with Crippen LogP contribution in [-0.4, -0.2) is 58.0 Å². The zero-order chi connectivity index (χ0) is 34.1. The lowest BCUT2D eigenvalue weighted by Crippen LogP contribution is -2.54. The monoisotopic (exact) mass is 669 g/mol. The van der Waals surface area contributed by atoms with Crippen molar-refractivity contribution in [1.82, 2.24) is 10.2 Å². The Kier molecular flexibility index (Phi) is 11.4. The van der Waals surface area contributed by atoms with E-state index in [1.54, 1.807) is 36.4 Å². The van der Waals surface area contributed by atoms with Gasteiger partial charge in [-0.25, -0.2) is 8.42 Å². The predicted octanol–water partition coefficient (Wildman–Crippen LogP) is 5.91. The molecule has 1 aliphatic rings. The molecule has 4 aromatic carbocycles. The highest BCUT2D eigenvalue weighted by Gasteiger charge is 2.36. The van der Waals surface area contributed by atoms with E-state index < -0.39 is 28.5 Å². The van der Waals surface area contributed by atoms with Gasteiger partial charge < -0.3 is 19.7 Å². The van der Waals surface area contributed by atoms with Crippen LogP contribution < -0.4 is 19.1 Å². The minimum absolute atomic E-state index is 0.0210. The van der Waals surface area contributed by atoms with E-state index in [4.69, 9.17) is 9.47 Å². The zero-order valence-corrected chi connectivity index (χ0v) is 28.5. The average Bonchev–Trinajstić information content (AvgIpc) is 3.62. The molecule has 0 aliphatic heterocycles. The largest absolute Gasteiger partial charge is 0.497 e. The predicted molar refractivity (Wildman–Crippen MR) is 187 cm³/mol. The highest BCUT2D eigenvalue weighted by Crippen LogP contribution is 2.33. The maximum Gasteiger partial charge on any atom is 0.264 e. The number of anilines is 1. The number of sulfonamides is 1. The van der Waals surface area contributed by atoms with Crippen LogP contribution in [-0.2, 0) is 32.6 Å². The molecule has 10 heteroatoms. The molecule has 48 heavy (non-hydrogen) atoms. The third-order valence-corrected chi connectivity index (χ3v) is 10.6. The Bertz CT molecular complexity index is 1790. The van der Waals surface area contributed by atoms with Crippen molar-refractivity contribution < 1.29 is 27.5 Å². The summed E-state index contributed by atoms with van der Waals surface area (Å²) in [6.45, 7) is 1.50. The molecular formula is C38H43N3O6S. The van der Waals surface area contributed by atoms with Gasteiger partial charge in [-0.15, -0.1) is 0 Å². The molecule has 0 aromatic heterocycles. The summed E-state index contributed by atoms with van der Waals surface area (Å²) in [5.41, 5.74) is 2.91. The summed E-state index contributed by atoms with van der Waals surface area (Å²) < 4.78 is 40.6. The fourth-order valence-corrected chi connectivity index (χ4v) is 7.54. The summed E-state index contributed by atoms with van der Waals surface area (Å²) in [5.74, 6) is 0.00115. The molecule has 1 fully saturated rings. The molecule has 0 radical (unpaired) electrons. The van der Waals surface area contributed by atoms with Gasteiger partial charge in [0.05, 0.1) is 24.8 Å². The Hall–Kier alpha value is -4.83. The lowest BCUT2D eigenvalue weighted by Gasteiger charge is -2.35.